The van der Waals surface area contributed by atoms with Crippen LogP contribution in [-0.4, -0.2) is 41.4 Å². The number of likely N-dealkylation sites (N-methyl/N-ethyl adjacent to an activating group) is 1. The van der Waals surface area contributed by atoms with Gasteiger partial charge in [0, 0.05) is 19.8 Å². The number of alkyl halides is 6. The number of aromatic nitrogens is 2. The fraction of sp³-hybridized carbons (Fsp3) is 0.375. The number of hydrogen-bond acceptors (Lipinski definition) is 5. The molecule has 0 amide bonds. The van der Waals surface area contributed by atoms with E-state index in [9.17, 15) is 31.4 Å². The minimum absolute atomic E-state index is 0.111. The van der Waals surface area contributed by atoms with Crippen molar-refractivity contribution in [3.63, 3.8) is 0 Å². The van der Waals surface area contributed by atoms with Crippen molar-refractivity contribution < 1.29 is 36.2 Å². The van der Waals surface area contributed by atoms with Crippen molar-refractivity contribution in [2.75, 3.05) is 25.1 Å². The van der Waals surface area contributed by atoms with Crippen molar-refractivity contribution in [2.24, 2.45) is 0 Å². The first kappa shape index (κ1) is 20.7. The molecule has 5 nitrogen and oxygen atoms in total. The zero-order valence-corrected chi connectivity index (χ0v) is 13.9. The van der Waals surface area contributed by atoms with E-state index in [4.69, 9.17) is 4.74 Å². The van der Waals surface area contributed by atoms with E-state index in [1.54, 1.807) is 0 Å². The van der Waals surface area contributed by atoms with Crippen molar-refractivity contribution in [3.8, 4) is 5.75 Å². The highest BCUT2D eigenvalue weighted by Gasteiger charge is 2.33. The Morgan fingerprint density at radius 3 is 2.22 bits per heavy atom. The van der Waals surface area contributed by atoms with Crippen LogP contribution in [0.2, 0.25) is 0 Å². The molecule has 0 saturated carbocycles. The van der Waals surface area contributed by atoms with Gasteiger partial charge in [-0.3, -0.25) is 0 Å². The summed E-state index contributed by atoms with van der Waals surface area (Å²) in [6.07, 6.45) is -9.28. The third-order valence-electron chi connectivity index (χ3n) is 3.38. The molecule has 0 fully saturated rings. The Labute approximate surface area is 150 Å². The van der Waals surface area contributed by atoms with Crippen molar-refractivity contribution >= 4 is 5.95 Å². The van der Waals surface area contributed by atoms with Gasteiger partial charge in [0.1, 0.15) is 24.2 Å². The Kier molecular flexibility index (Phi) is 6.14. The highest BCUT2D eigenvalue weighted by atomic mass is 19.4. The maximum absolute atomic E-state index is 12.7. The van der Waals surface area contributed by atoms with Gasteiger partial charge in [-0.2, -0.15) is 26.3 Å². The van der Waals surface area contributed by atoms with Gasteiger partial charge in [-0.15, -0.1) is 0 Å². The van der Waals surface area contributed by atoms with Gasteiger partial charge in [-0.1, -0.05) is 0 Å². The summed E-state index contributed by atoms with van der Waals surface area (Å²) >= 11 is 0. The quantitative estimate of drug-likeness (QED) is 0.760. The van der Waals surface area contributed by atoms with Gasteiger partial charge in [0.25, 0.3) is 0 Å². The van der Waals surface area contributed by atoms with E-state index in [-0.39, 0.29) is 24.8 Å². The molecule has 2 rings (SSSR count). The molecule has 1 aromatic carbocycles. The fourth-order valence-corrected chi connectivity index (χ4v) is 2.07. The Bertz CT molecular complexity index is 749. The summed E-state index contributed by atoms with van der Waals surface area (Å²) in [4.78, 5) is 8.30. The van der Waals surface area contributed by atoms with Gasteiger partial charge in [-0.05, 0) is 30.3 Å². The van der Waals surface area contributed by atoms with Crippen LogP contribution in [0.3, 0.4) is 0 Å². The van der Waals surface area contributed by atoms with Crippen molar-refractivity contribution in [1.29, 1.82) is 0 Å². The molecule has 1 N–H and O–H groups in total. The first-order valence-electron chi connectivity index (χ1n) is 7.56. The third-order valence-corrected chi connectivity index (χ3v) is 3.38. The van der Waals surface area contributed by atoms with E-state index in [1.165, 1.54) is 11.9 Å². The van der Waals surface area contributed by atoms with Crippen LogP contribution in [-0.2, 0) is 12.4 Å². The van der Waals surface area contributed by atoms with Crippen molar-refractivity contribution in [1.82, 2.24) is 9.97 Å². The highest BCUT2D eigenvalue weighted by Crippen LogP contribution is 2.30. The average Bonchev–Trinajstić information content (AvgIpc) is 2.59. The van der Waals surface area contributed by atoms with Crippen LogP contribution in [0.4, 0.5) is 32.3 Å². The number of benzene rings is 1. The standard InChI is InChI=1S/C16H15F6N3O2/c1-25(14-23-7-6-13(24-14)16(20,21)22)8-11(26)9-27-12-4-2-10(3-5-12)15(17,18)19/h2-7,11,26H,8-9H2,1H3. The molecule has 1 unspecified atom stereocenters. The molecule has 1 heterocycles. The summed E-state index contributed by atoms with van der Waals surface area (Å²) in [6, 6.07) is 4.61. The van der Waals surface area contributed by atoms with Crippen LogP contribution in [0.15, 0.2) is 36.5 Å². The molecule has 0 bridgehead atoms. The van der Waals surface area contributed by atoms with Gasteiger partial charge in [0.2, 0.25) is 5.95 Å². The maximum Gasteiger partial charge on any atom is 0.433 e. The van der Waals surface area contributed by atoms with E-state index in [0.29, 0.717) is 0 Å². The summed E-state index contributed by atoms with van der Waals surface area (Å²) < 4.78 is 80.6. The molecular formula is C16H15F6N3O2. The second kappa shape index (κ2) is 7.99. The average molecular weight is 395 g/mol. The summed E-state index contributed by atoms with van der Waals surface area (Å²) in [5.74, 6) is -0.126. The van der Waals surface area contributed by atoms with Crippen molar-refractivity contribution in [2.45, 2.75) is 18.5 Å². The van der Waals surface area contributed by atoms with Crippen molar-refractivity contribution in [3.05, 3.63) is 47.8 Å². The molecule has 0 radical (unpaired) electrons. The van der Waals surface area contributed by atoms with Gasteiger partial charge < -0.3 is 14.7 Å². The SMILES string of the molecule is CN(CC(O)COc1ccc(C(F)(F)F)cc1)c1nccc(C(F)(F)F)n1. The number of halogens is 6. The van der Waals surface area contributed by atoms with Crippen LogP contribution in [0.1, 0.15) is 11.3 Å². The van der Waals surface area contributed by atoms with Crippen LogP contribution < -0.4 is 9.64 Å². The predicted octanol–water partition coefficient (Wildman–Crippen LogP) is 3.39. The number of nitrogens with zero attached hydrogens (tertiary/aromatic N) is 3. The van der Waals surface area contributed by atoms with E-state index in [2.05, 4.69) is 9.97 Å². The summed E-state index contributed by atoms with van der Waals surface area (Å²) in [6.45, 7) is -0.434. The van der Waals surface area contributed by atoms with E-state index in [0.717, 1.165) is 36.5 Å². The number of ether oxygens (including phenoxy) is 1. The second-order valence-electron chi connectivity index (χ2n) is 5.61. The fourth-order valence-electron chi connectivity index (χ4n) is 2.07. The molecule has 1 aromatic heterocycles. The Hall–Kier alpha value is -2.56. The zero-order valence-electron chi connectivity index (χ0n) is 13.9. The number of anilines is 1. The lowest BCUT2D eigenvalue weighted by Crippen LogP contribution is -2.34. The predicted molar refractivity (Wildman–Crippen MR) is 83.2 cm³/mol. The van der Waals surface area contributed by atoms with Gasteiger partial charge in [-0.25, -0.2) is 9.97 Å². The largest absolute Gasteiger partial charge is 0.491 e. The highest BCUT2D eigenvalue weighted by molar-refractivity contribution is 5.30. The Morgan fingerprint density at radius 2 is 1.67 bits per heavy atom. The summed E-state index contributed by atoms with van der Waals surface area (Å²) in [7, 11) is 1.39. The summed E-state index contributed by atoms with van der Waals surface area (Å²) in [5.41, 5.74) is -1.95. The Balaban J connectivity index is 1.91. The first-order valence-corrected chi connectivity index (χ1v) is 7.56. The smallest absolute Gasteiger partial charge is 0.433 e. The minimum atomic E-state index is -4.62. The second-order valence-corrected chi connectivity index (χ2v) is 5.61. The lowest BCUT2D eigenvalue weighted by Gasteiger charge is -2.21. The molecular weight excluding hydrogens is 380 g/mol. The molecule has 27 heavy (non-hydrogen) atoms. The van der Waals surface area contributed by atoms with E-state index >= 15 is 0 Å². The number of aliphatic hydroxyl groups is 1. The van der Waals surface area contributed by atoms with E-state index < -0.39 is 29.7 Å². The molecule has 0 aliphatic carbocycles. The molecule has 11 heteroatoms. The lowest BCUT2D eigenvalue weighted by atomic mass is 10.2. The van der Waals surface area contributed by atoms with E-state index in [1.807, 2.05) is 0 Å². The normalized spacial score (nSPS) is 13.3. The lowest BCUT2D eigenvalue weighted by molar-refractivity contribution is -0.141. The van der Waals surface area contributed by atoms with Gasteiger partial charge in [0.15, 0.2) is 0 Å². The number of rotatable bonds is 6. The summed E-state index contributed by atoms with van der Waals surface area (Å²) in [5, 5.41) is 9.93. The first-order chi connectivity index (χ1) is 12.5. The van der Waals surface area contributed by atoms with Crippen LogP contribution in [0.5, 0.6) is 5.75 Å². The van der Waals surface area contributed by atoms with Gasteiger partial charge >= 0.3 is 12.4 Å². The third kappa shape index (κ3) is 5.98. The molecule has 148 valence electrons. The molecule has 0 saturated heterocycles. The Morgan fingerprint density at radius 1 is 1.04 bits per heavy atom. The molecule has 0 aliphatic rings. The van der Waals surface area contributed by atoms with Crippen LogP contribution in [0.25, 0.3) is 0 Å². The molecule has 0 aliphatic heterocycles. The zero-order chi connectivity index (χ0) is 20.2. The molecule has 0 spiro atoms. The molecule has 1 atom stereocenters. The monoisotopic (exact) mass is 395 g/mol. The van der Waals surface area contributed by atoms with Crippen LogP contribution in [0, 0.1) is 0 Å². The van der Waals surface area contributed by atoms with Gasteiger partial charge in [0.05, 0.1) is 5.56 Å². The minimum Gasteiger partial charge on any atom is -0.491 e. The molecule has 2 aromatic rings. The number of hydrogen-bond donors (Lipinski definition) is 1. The van der Waals surface area contributed by atoms with Crippen LogP contribution >= 0.6 is 0 Å². The number of aliphatic hydroxyl groups excluding tert-OH is 1. The topological polar surface area (TPSA) is 58.5 Å². The maximum atomic E-state index is 12.7.